The van der Waals surface area contributed by atoms with Crippen molar-refractivity contribution in [1.29, 1.82) is 0 Å². The highest BCUT2D eigenvalue weighted by Gasteiger charge is 2.31. The molecular weight excluding hydrogens is 322 g/mol. The van der Waals surface area contributed by atoms with E-state index in [0.717, 1.165) is 18.4 Å². The average Bonchev–Trinajstić information content (AvgIpc) is 2.80. The summed E-state index contributed by atoms with van der Waals surface area (Å²) in [5.41, 5.74) is 1.56. The van der Waals surface area contributed by atoms with Gasteiger partial charge in [-0.15, -0.1) is 0 Å². The lowest BCUT2D eigenvalue weighted by molar-refractivity contribution is -0.118. The van der Waals surface area contributed by atoms with Gasteiger partial charge in [-0.25, -0.2) is 8.42 Å². The first kappa shape index (κ1) is 17.0. The van der Waals surface area contributed by atoms with Gasteiger partial charge in [-0.05, 0) is 37.1 Å². The maximum atomic E-state index is 12.6. The fourth-order valence-electron chi connectivity index (χ4n) is 2.42. The molecule has 1 amide bonds. The number of carbonyl (C=O) groups excluding carboxylic acids is 1. The third-order valence-corrected chi connectivity index (χ3v) is 5.47. The van der Waals surface area contributed by atoms with E-state index in [9.17, 15) is 13.2 Å². The third kappa shape index (κ3) is 3.90. The van der Waals surface area contributed by atoms with Gasteiger partial charge in [-0.3, -0.25) is 4.79 Å². The summed E-state index contributed by atoms with van der Waals surface area (Å²) in [4.78, 5) is 14.1. The maximum absolute atomic E-state index is 12.6. The SMILES string of the molecule is CCCCC(=O)N(c1ccc(C)c(Cl)c1)C1C=CS(=O)(=O)C1. The Hall–Kier alpha value is -1.33. The fourth-order valence-corrected chi connectivity index (χ4v) is 3.86. The average molecular weight is 342 g/mol. The van der Waals surface area contributed by atoms with E-state index < -0.39 is 15.9 Å². The number of sulfone groups is 1. The zero-order valence-electron chi connectivity index (χ0n) is 12.8. The van der Waals surface area contributed by atoms with E-state index in [1.54, 1.807) is 17.0 Å². The van der Waals surface area contributed by atoms with Gasteiger partial charge >= 0.3 is 0 Å². The number of benzene rings is 1. The van der Waals surface area contributed by atoms with Gasteiger partial charge in [0.1, 0.15) is 0 Å². The largest absolute Gasteiger partial charge is 0.304 e. The summed E-state index contributed by atoms with van der Waals surface area (Å²) in [5, 5.41) is 1.75. The van der Waals surface area contributed by atoms with Crippen LogP contribution in [0.1, 0.15) is 31.7 Å². The lowest BCUT2D eigenvalue weighted by Gasteiger charge is -2.28. The molecule has 0 aliphatic carbocycles. The predicted molar refractivity (Wildman–Crippen MR) is 89.9 cm³/mol. The molecule has 0 radical (unpaired) electrons. The summed E-state index contributed by atoms with van der Waals surface area (Å²) in [6.45, 7) is 3.90. The molecule has 0 spiro atoms. The highest BCUT2D eigenvalue weighted by molar-refractivity contribution is 7.94. The number of rotatable bonds is 5. The van der Waals surface area contributed by atoms with Gasteiger partial charge in [0.25, 0.3) is 0 Å². The van der Waals surface area contributed by atoms with Crippen LogP contribution in [0.5, 0.6) is 0 Å². The number of carbonyl (C=O) groups is 1. The molecule has 2 rings (SSSR count). The molecule has 120 valence electrons. The molecule has 0 fully saturated rings. The fraction of sp³-hybridized carbons (Fsp3) is 0.438. The molecule has 1 aliphatic heterocycles. The van der Waals surface area contributed by atoms with Crippen LogP contribution in [-0.4, -0.2) is 26.1 Å². The van der Waals surface area contributed by atoms with Crippen molar-refractivity contribution in [2.75, 3.05) is 10.7 Å². The van der Waals surface area contributed by atoms with Gasteiger partial charge < -0.3 is 4.90 Å². The first-order chi connectivity index (χ1) is 10.3. The maximum Gasteiger partial charge on any atom is 0.227 e. The predicted octanol–water partition coefficient (Wildman–Crippen LogP) is 3.48. The van der Waals surface area contributed by atoms with Crippen LogP contribution in [0.25, 0.3) is 0 Å². The quantitative estimate of drug-likeness (QED) is 0.823. The lowest BCUT2D eigenvalue weighted by atomic mass is 10.1. The van der Waals surface area contributed by atoms with Gasteiger partial charge in [0.05, 0.1) is 11.8 Å². The Morgan fingerprint density at radius 3 is 2.68 bits per heavy atom. The first-order valence-electron chi connectivity index (χ1n) is 7.33. The third-order valence-electron chi connectivity index (χ3n) is 3.69. The van der Waals surface area contributed by atoms with Crippen LogP contribution in [0.2, 0.25) is 5.02 Å². The van der Waals surface area contributed by atoms with Crippen LogP contribution in [0.15, 0.2) is 29.7 Å². The van der Waals surface area contributed by atoms with E-state index >= 15 is 0 Å². The second-order valence-corrected chi connectivity index (χ2v) is 7.86. The van der Waals surface area contributed by atoms with Crippen LogP contribution < -0.4 is 4.90 Å². The Labute approximate surface area is 136 Å². The van der Waals surface area contributed by atoms with E-state index in [1.807, 2.05) is 26.0 Å². The van der Waals surface area contributed by atoms with E-state index in [0.29, 0.717) is 17.1 Å². The van der Waals surface area contributed by atoms with Crippen molar-refractivity contribution in [3.63, 3.8) is 0 Å². The van der Waals surface area contributed by atoms with Crippen molar-refractivity contribution in [3.05, 3.63) is 40.3 Å². The van der Waals surface area contributed by atoms with Gasteiger partial charge in [-0.1, -0.05) is 31.0 Å². The monoisotopic (exact) mass is 341 g/mol. The minimum absolute atomic E-state index is 0.0731. The van der Waals surface area contributed by atoms with Crippen LogP contribution in [0.3, 0.4) is 0 Å². The highest BCUT2D eigenvalue weighted by Crippen LogP contribution is 2.28. The van der Waals surface area contributed by atoms with Crippen LogP contribution in [0, 0.1) is 6.92 Å². The van der Waals surface area contributed by atoms with Crippen LogP contribution in [-0.2, 0) is 14.6 Å². The highest BCUT2D eigenvalue weighted by atomic mass is 35.5. The number of unbranched alkanes of at least 4 members (excludes halogenated alkanes) is 1. The zero-order valence-corrected chi connectivity index (χ0v) is 14.3. The van der Waals surface area contributed by atoms with Crippen molar-refractivity contribution in [2.45, 2.75) is 39.2 Å². The molecule has 0 bridgehead atoms. The summed E-state index contributed by atoms with van der Waals surface area (Å²) in [6.07, 6.45) is 3.66. The minimum Gasteiger partial charge on any atom is -0.304 e. The van der Waals surface area contributed by atoms with Crippen LogP contribution >= 0.6 is 11.6 Å². The Balaban J connectivity index is 2.35. The number of amides is 1. The number of nitrogens with zero attached hydrogens (tertiary/aromatic N) is 1. The summed E-state index contributed by atoms with van der Waals surface area (Å²) in [5.74, 6) is -0.148. The Bertz CT molecular complexity index is 697. The van der Waals surface area contributed by atoms with E-state index in [1.165, 1.54) is 5.41 Å². The molecule has 1 atom stereocenters. The van der Waals surface area contributed by atoms with E-state index in [2.05, 4.69) is 0 Å². The molecule has 1 aromatic rings. The molecule has 0 saturated heterocycles. The molecular formula is C16H20ClNO3S. The lowest BCUT2D eigenvalue weighted by Crippen LogP contribution is -2.41. The minimum atomic E-state index is -3.23. The molecule has 0 aromatic heterocycles. The summed E-state index contributed by atoms with van der Waals surface area (Å²) < 4.78 is 23.4. The summed E-state index contributed by atoms with van der Waals surface area (Å²) in [6, 6.07) is 4.90. The van der Waals surface area contributed by atoms with Gasteiger partial charge in [0.2, 0.25) is 5.91 Å². The molecule has 22 heavy (non-hydrogen) atoms. The van der Waals surface area contributed by atoms with Gasteiger partial charge in [0, 0.05) is 22.5 Å². The molecule has 6 heteroatoms. The Morgan fingerprint density at radius 2 is 2.14 bits per heavy atom. The number of hydrogen-bond donors (Lipinski definition) is 0. The van der Waals surface area contributed by atoms with Crippen LogP contribution in [0.4, 0.5) is 5.69 Å². The van der Waals surface area contributed by atoms with Gasteiger partial charge in [-0.2, -0.15) is 0 Å². The second kappa shape index (κ2) is 6.84. The molecule has 1 aliphatic rings. The van der Waals surface area contributed by atoms with Gasteiger partial charge in [0.15, 0.2) is 9.84 Å². The second-order valence-electron chi connectivity index (χ2n) is 5.53. The Kier molecular flexibility index (Phi) is 5.29. The van der Waals surface area contributed by atoms with Crippen molar-refractivity contribution in [3.8, 4) is 0 Å². The molecule has 0 saturated carbocycles. The summed E-state index contributed by atoms with van der Waals surface area (Å²) in [7, 11) is -3.23. The zero-order chi connectivity index (χ0) is 16.3. The van der Waals surface area contributed by atoms with Crippen molar-refractivity contribution in [2.24, 2.45) is 0 Å². The summed E-state index contributed by atoms with van der Waals surface area (Å²) >= 11 is 6.16. The molecule has 1 aromatic carbocycles. The molecule has 1 unspecified atom stereocenters. The normalized spacial score (nSPS) is 19.3. The van der Waals surface area contributed by atoms with E-state index in [-0.39, 0.29) is 11.7 Å². The standard InChI is InChI=1S/C16H20ClNO3S/c1-3-4-5-16(19)18(14-8-9-22(20,21)11-14)13-7-6-12(2)15(17)10-13/h6-10,14H,3-5,11H2,1-2H3. The molecule has 0 N–H and O–H groups in total. The van der Waals surface area contributed by atoms with E-state index in [4.69, 9.17) is 11.6 Å². The van der Waals surface area contributed by atoms with Crippen molar-refractivity contribution >= 4 is 33.0 Å². The number of anilines is 1. The molecule has 1 heterocycles. The van der Waals surface area contributed by atoms with Crippen molar-refractivity contribution in [1.82, 2.24) is 0 Å². The number of hydrogen-bond acceptors (Lipinski definition) is 3. The first-order valence-corrected chi connectivity index (χ1v) is 9.42. The molecule has 4 nitrogen and oxygen atoms in total. The Morgan fingerprint density at radius 1 is 1.41 bits per heavy atom. The topological polar surface area (TPSA) is 54.5 Å². The number of halogens is 1. The smallest absolute Gasteiger partial charge is 0.227 e. The van der Waals surface area contributed by atoms with Crippen molar-refractivity contribution < 1.29 is 13.2 Å². The number of aryl methyl sites for hydroxylation is 1.